The van der Waals surface area contributed by atoms with Gasteiger partial charge in [0, 0.05) is 44.8 Å². The maximum absolute atomic E-state index is 12.7. The second-order valence-corrected chi connectivity index (χ2v) is 9.85. The minimum atomic E-state index is -4.39. The number of carbonyl (C=O) groups is 2. The van der Waals surface area contributed by atoms with Crippen LogP contribution in [0.3, 0.4) is 0 Å². The molecule has 184 valence electrons. The summed E-state index contributed by atoms with van der Waals surface area (Å²) in [7, 11) is 0. The monoisotopic (exact) mass is 470 g/mol. The summed E-state index contributed by atoms with van der Waals surface area (Å²) in [5.41, 5.74) is -1.28. The van der Waals surface area contributed by atoms with Crippen LogP contribution in [0, 0.1) is 5.92 Å². The zero-order valence-corrected chi connectivity index (χ0v) is 19.5. The van der Waals surface area contributed by atoms with Crippen molar-refractivity contribution in [2.24, 2.45) is 5.92 Å². The molecule has 0 spiro atoms. The van der Waals surface area contributed by atoms with Crippen molar-refractivity contribution >= 4 is 17.8 Å². The third-order valence-corrected chi connectivity index (χ3v) is 6.00. The van der Waals surface area contributed by atoms with Crippen molar-refractivity contribution in [3.8, 4) is 0 Å². The normalized spacial score (nSPS) is 18.8. The first-order valence-electron chi connectivity index (χ1n) is 11.5. The van der Waals surface area contributed by atoms with Crippen LogP contribution in [0.5, 0.6) is 0 Å². The SMILES string of the molecule is CC(C)(C)OC(=O)N1CCC(CC(=O)NC2CCN(c3ccc(C(F)(F)F)cn3)CC2)CC1. The molecule has 0 radical (unpaired) electrons. The topological polar surface area (TPSA) is 74.8 Å². The van der Waals surface area contributed by atoms with Crippen molar-refractivity contribution in [3.05, 3.63) is 23.9 Å². The molecule has 0 unspecified atom stereocenters. The number of likely N-dealkylation sites (tertiary alicyclic amines) is 1. The highest BCUT2D eigenvalue weighted by atomic mass is 19.4. The van der Waals surface area contributed by atoms with E-state index in [2.05, 4.69) is 10.3 Å². The van der Waals surface area contributed by atoms with Gasteiger partial charge < -0.3 is 19.9 Å². The molecule has 2 saturated heterocycles. The molecular formula is C23H33F3N4O3. The smallest absolute Gasteiger partial charge is 0.417 e. The van der Waals surface area contributed by atoms with Crippen molar-refractivity contribution in [3.63, 3.8) is 0 Å². The number of alkyl halides is 3. The van der Waals surface area contributed by atoms with Gasteiger partial charge in [0.05, 0.1) is 5.56 Å². The molecule has 2 amide bonds. The molecule has 0 aliphatic carbocycles. The molecule has 10 heteroatoms. The van der Waals surface area contributed by atoms with E-state index >= 15 is 0 Å². The molecule has 1 N–H and O–H groups in total. The van der Waals surface area contributed by atoms with Gasteiger partial charge in [-0.25, -0.2) is 9.78 Å². The van der Waals surface area contributed by atoms with Crippen molar-refractivity contribution in [1.29, 1.82) is 0 Å². The van der Waals surface area contributed by atoms with Crippen LogP contribution in [-0.4, -0.2) is 59.7 Å². The van der Waals surface area contributed by atoms with E-state index in [1.165, 1.54) is 6.07 Å². The van der Waals surface area contributed by atoms with Crippen molar-refractivity contribution in [2.45, 2.75) is 70.7 Å². The molecule has 1 aromatic heterocycles. The van der Waals surface area contributed by atoms with Crippen molar-refractivity contribution in [1.82, 2.24) is 15.2 Å². The van der Waals surface area contributed by atoms with E-state index in [0.29, 0.717) is 51.3 Å². The van der Waals surface area contributed by atoms with E-state index in [1.54, 1.807) is 4.90 Å². The molecule has 2 aliphatic heterocycles. The van der Waals surface area contributed by atoms with Crippen molar-refractivity contribution in [2.75, 3.05) is 31.1 Å². The minimum Gasteiger partial charge on any atom is -0.444 e. The summed E-state index contributed by atoms with van der Waals surface area (Å²) >= 11 is 0. The van der Waals surface area contributed by atoms with E-state index in [4.69, 9.17) is 4.74 Å². The summed E-state index contributed by atoms with van der Waals surface area (Å²) in [4.78, 5) is 32.3. The second kappa shape index (κ2) is 10.2. The minimum absolute atomic E-state index is 0.0109. The molecule has 2 fully saturated rings. The molecular weight excluding hydrogens is 437 g/mol. The quantitative estimate of drug-likeness (QED) is 0.713. The predicted molar refractivity (Wildman–Crippen MR) is 118 cm³/mol. The number of hydrogen-bond acceptors (Lipinski definition) is 5. The summed E-state index contributed by atoms with van der Waals surface area (Å²) in [6.07, 6.45) is -0.443. The Bertz CT molecular complexity index is 808. The summed E-state index contributed by atoms with van der Waals surface area (Å²) < 4.78 is 43.5. The number of pyridine rings is 1. The molecule has 0 aromatic carbocycles. The van der Waals surface area contributed by atoms with Gasteiger partial charge in [0.15, 0.2) is 0 Å². The second-order valence-electron chi connectivity index (χ2n) is 9.85. The van der Waals surface area contributed by atoms with Gasteiger partial charge in [-0.1, -0.05) is 0 Å². The lowest BCUT2D eigenvalue weighted by Gasteiger charge is -2.34. The van der Waals surface area contributed by atoms with Crippen LogP contribution in [0.15, 0.2) is 18.3 Å². The summed E-state index contributed by atoms with van der Waals surface area (Å²) in [5, 5.41) is 3.09. The van der Waals surface area contributed by atoms with E-state index in [0.717, 1.165) is 25.1 Å². The van der Waals surface area contributed by atoms with Gasteiger partial charge >= 0.3 is 12.3 Å². The third kappa shape index (κ3) is 7.50. The number of anilines is 1. The summed E-state index contributed by atoms with van der Waals surface area (Å²) in [6.45, 7) is 7.94. The van der Waals surface area contributed by atoms with E-state index in [-0.39, 0.29) is 24.0 Å². The van der Waals surface area contributed by atoms with Crippen LogP contribution < -0.4 is 10.2 Å². The van der Waals surface area contributed by atoms with Gasteiger partial charge in [-0.3, -0.25) is 4.79 Å². The number of amides is 2. The van der Waals surface area contributed by atoms with Gasteiger partial charge in [0.2, 0.25) is 5.91 Å². The molecule has 2 aliphatic rings. The Hall–Kier alpha value is -2.52. The number of piperidine rings is 2. The number of nitrogens with zero attached hydrogens (tertiary/aromatic N) is 3. The molecule has 7 nitrogen and oxygen atoms in total. The molecule has 0 bridgehead atoms. The maximum atomic E-state index is 12.7. The number of nitrogens with one attached hydrogen (secondary N) is 1. The summed E-state index contributed by atoms with van der Waals surface area (Å²) in [5.74, 6) is 0.765. The highest BCUT2D eigenvalue weighted by Gasteiger charge is 2.31. The number of rotatable bonds is 4. The molecule has 0 atom stereocenters. The zero-order valence-electron chi connectivity index (χ0n) is 19.5. The molecule has 3 heterocycles. The van der Waals surface area contributed by atoms with Gasteiger partial charge in [0.25, 0.3) is 0 Å². The highest BCUT2D eigenvalue weighted by molar-refractivity contribution is 5.76. The lowest BCUT2D eigenvalue weighted by Crippen LogP contribution is -2.46. The largest absolute Gasteiger partial charge is 0.444 e. The number of hydrogen-bond donors (Lipinski definition) is 1. The number of ether oxygens (including phenoxy) is 1. The highest BCUT2D eigenvalue weighted by Crippen LogP contribution is 2.30. The average Bonchev–Trinajstić information content (AvgIpc) is 2.73. The Balaban J connectivity index is 1.37. The Morgan fingerprint density at radius 2 is 1.70 bits per heavy atom. The number of carbonyl (C=O) groups excluding carboxylic acids is 2. The Morgan fingerprint density at radius 1 is 1.06 bits per heavy atom. The zero-order chi connectivity index (χ0) is 24.2. The predicted octanol–water partition coefficient (Wildman–Crippen LogP) is 4.22. The van der Waals surface area contributed by atoms with Gasteiger partial charge in [-0.05, 0) is 64.5 Å². The fraction of sp³-hybridized carbons (Fsp3) is 0.696. The van der Waals surface area contributed by atoms with Crippen LogP contribution >= 0.6 is 0 Å². The lowest BCUT2D eigenvalue weighted by molar-refractivity contribution is -0.137. The standard InChI is InChI=1S/C23H33F3N4O3/c1-22(2,3)33-21(32)30-10-6-16(7-11-30)14-20(31)28-18-8-12-29(13-9-18)19-5-4-17(15-27-19)23(24,25)26/h4-5,15-16,18H,6-14H2,1-3H3,(H,28,31). The number of halogens is 3. The third-order valence-electron chi connectivity index (χ3n) is 6.00. The molecule has 0 saturated carbocycles. The van der Waals surface area contributed by atoms with E-state index in [1.807, 2.05) is 25.7 Å². The van der Waals surface area contributed by atoms with Crippen LogP contribution in [0.4, 0.5) is 23.8 Å². The maximum Gasteiger partial charge on any atom is 0.417 e. The lowest BCUT2D eigenvalue weighted by atomic mass is 9.93. The Kier molecular flexibility index (Phi) is 7.74. The van der Waals surface area contributed by atoms with Crippen LogP contribution in [-0.2, 0) is 15.7 Å². The van der Waals surface area contributed by atoms with Gasteiger partial charge in [0.1, 0.15) is 11.4 Å². The van der Waals surface area contributed by atoms with Crippen LogP contribution in [0.2, 0.25) is 0 Å². The Morgan fingerprint density at radius 3 is 2.21 bits per heavy atom. The van der Waals surface area contributed by atoms with Crippen LogP contribution in [0.25, 0.3) is 0 Å². The first-order chi connectivity index (χ1) is 15.4. The van der Waals surface area contributed by atoms with Crippen molar-refractivity contribution < 1.29 is 27.5 Å². The number of aromatic nitrogens is 1. The van der Waals surface area contributed by atoms with E-state index in [9.17, 15) is 22.8 Å². The van der Waals surface area contributed by atoms with Gasteiger partial charge in [-0.15, -0.1) is 0 Å². The summed E-state index contributed by atoms with van der Waals surface area (Å²) in [6, 6.07) is 2.49. The molecule has 33 heavy (non-hydrogen) atoms. The first-order valence-corrected chi connectivity index (χ1v) is 11.5. The van der Waals surface area contributed by atoms with Gasteiger partial charge in [-0.2, -0.15) is 13.2 Å². The fourth-order valence-electron chi connectivity index (χ4n) is 4.19. The van der Waals surface area contributed by atoms with Crippen LogP contribution in [0.1, 0.15) is 58.4 Å². The molecule has 3 rings (SSSR count). The van der Waals surface area contributed by atoms with E-state index < -0.39 is 17.3 Å². The average molecular weight is 471 g/mol. The first kappa shape index (κ1) is 25.1. The molecule has 1 aromatic rings. The Labute approximate surface area is 192 Å². The fourth-order valence-corrected chi connectivity index (χ4v) is 4.19.